The molecule has 1 heterocycles. The molecule has 4 nitrogen and oxygen atoms in total. The zero-order valence-electron chi connectivity index (χ0n) is 20.4. The summed E-state index contributed by atoms with van der Waals surface area (Å²) in [4.78, 5) is 13.4. The van der Waals surface area contributed by atoms with Crippen LogP contribution >= 0.6 is 0 Å². The van der Waals surface area contributed by atoms with E-state index in [0.29, 0.717) is 38.8 Å². The fourth-order valence-corrected chi connectivity index (χ4v) is 5.50. The third kappa shape index (κ3) is 3.82. The van der Waals surface area contributed by atoms with Crippen LogP contribution < -0.4 is 11.1 Å². The number of hydrogen-bond donors (Lipinski definition) is 2. The first-order chi connectivity index (χ1) is 15.9. The predicted octanol–water partition coefficient (Wildman–Crippen LogP) is 5.53. The Morgan fingerprint density at radius 1 is 1.12 bits per heavy atom. The highest BCUT2D eigenvalue weighted by Crippen LogP contribution is 2.50. The van der Waals surface area contributed by atoms with Crippen molar-refractivity contribution in [3.8, 4) is 0 Å². The molecule has 180 valence electrons. The Hall–Kier alpha value is -2.73. The van der Waals surface area contributed by atoms with Gasteiger partial charge in [0.2, 0.25) is 5.91 Å². The van der Waals surface area contributed by atoms with Crippen LogP contribution in [0.5, 0.6) is 0 Å². The standard InChI is InChI=1S/C28H33F2N3O/c1-26(2,3)24-13-18-12-22(21(29)14-23(18)33(24)10-9-31)32-25(34)28(7-8-28)20-6-5-17-15-27(4,30)16-19(17)11-20/h5-6,11-14H,7-10,15-16,31H2,1-4H3,(H,32,34). The number of rotatable bonds is 5. The fourth-order valence-electron chi connectivity index (χ4n) is 5.50. The van der Waals surface area contributed by atoms with E-state index in [1.54, 1.807) is 13.0 Å². The fraction of sp³-hybridized carbons (Fsp3) is 0.464. The Labute approximate surface area is 199 Å². The number of nitrogens with one attached hydrogen (secondary N) is 1. The zero-order valence-corrected chi connectivity index (χ0v) is 20.4. The van der Waals surface area contributed by atoms with Gasteiger partial charge in [-0.15, -0.1) is 0 Å². The molecule has 0 bridgehead atoms. The van der Waals surface area contributed by atoms with E-state index in [9.17, 15) is 9.18 Å². The lowest BCUT2D eigenvalue weighted by Gasteiger charge is -2.22. The van der Waals surface area contributed by atoms with Gasteiger partial charge < -0.3 is 15.6 Å². The molecule has 2 aromatic carbocycles. The maximum atomic E-state index is 15.2. The first kappa shape index (κ1) is 23.0. The van der Waals surface area contributed by atoms with E-state index in [1.165, 1.54) is 6.07 Å². The van der Waals surface area contributed by atoms with Gasteiger partial charge in [0.05, 0.1) is 16.6 Å². The first-order valence-electron chi connectivity index (χ1n) is 12.1. The molecule has 2 aliphatic carbocycles. The number of aromatic nitrogens is 1. The molecule has 2 aliphatic rings. The van der Waals surface area contributed by atoms with Gasteiger partial charge in [0.15, 0.2) is 0 Å². The molecule has 1 atom stereocenters. The monoisotopic (exact) mass is 465 g/mol. The van der Waals surface area contributed by atoms with Gasteiger partial charge >= 0.3 is 0 Å². The average molecular weight is 466 g/mol. The summed E-state index contributed by atoms with van der Waals surface area (Å²) in [5.74, 6) is -0.667. The van der Waals surface area contributed by atoms with Crippen LogP contribution in [-0.2, 0) is 35.0 Å². The second-order valence-corrected chi connectivity index (χ2v) is 11.4. The SMILES string of the molecule is CC1(F)Cc2ccc(C3(C(=O)Nc4cc5cc(C(C)(C)C)n(CCN)c5cc4F)CC3)cc2C1. The Kier molecular flexibility index (Phi) is 5.17. The summed E-state index contributed by atoms with van der Waals surface area (Å²) in [6.07, 6.45) is 2.19. The molecule has 1 fully saturated rings. The molecule has 34 heavy (non-hydrogen) atoms. The lowest BCUT2D eigenvalue weighted by Crippen LogP contribution is -2.28. The minimum atomic E-state index is -1.23. The molecule has 1 aromatic heterocycles. The number of carbonyl (C=O) groups excluding carboxylic acids is 1. The number of nitrogens with two attached hydrogens (primary N) is 1. The maximum Gasteiger partial charge on any atom is 0.235 e. The van der Waals surface area contributed by atoms with Gasteiger partial charge in [-0.1, -0.05) is 39.0 Å². The number of anilines is 1. The highest BCUT2D eigenvalue weighted by molar-refractivity contribution is 6.02. The largest absolute Gasteiger partial charge is 0.343 e. The van der Waals surface area contributed by atoms with Crippen molar-refractivity contribution < 1.29 is 13.6 Å². The third-order valence-corrected chi connectivity index (χ3v) is 7.42. The second kappa shape index (κ2) is 7.64. The topological polar surface area (TPSA) is 60.0 Å². The Morgan fingerprint density at radius 2 is 1.82 bits per heavy atom. The number of fused-ring (bicyclic) bond motifs is 2. The van der Waals surface area contributed by atoms with Gasteiger partial charge in [0.1, 0.15) is 11.5 Å². The second-order valence-electron chi connectivity index (χ2n) is 11.4. The summed E-state index contributed by atoms with van der Waals surface area (Å²) in [5, 5.41) is 3.74. The summed E-state index contributed by atoms with van der Waals surface area (Å²) < 4.78 is 31.7. The van der Waals surface area contributed by atoms with Gasteiger partial charge in [-0.05, 0) is 48.6 Å². The molecule has 0 aliphatic heterocycles. The van der Waals surface area contributed by atoms with Gasteiger partial charge in [-0.3, -0.25) is 4.79 Å². The highest BCUT2D eigenvalue weighted by atomic mass is 19.1. The Bertz CT molecular complexity index is 1300. The minimum absolute atomic E-state index is 0.130. The lowest BCUT2D eigenvalue weighted by molar-refractivity contribution is -0.118. The molecule has 0 spiro atoms. The summed E-state index contributed by atoms with van der Waals surface area (Å²) in [6, 6.07) is 11.1. The van der Waals surface area contributed by atoms with Crippen molar-refractivity contribution in [2.75, 3.05) is 11.9 Å². The van der Waals surface area contributed by atoms with Crippen molar-refractivity contribution in [2.24, 2.45) is 5.73 Å². The van der Waals surface area contributed by atoms with E-state index in [1.807, 2.05) is 18.2 Å². The number of carbonyl (C=O) groups is 1. The molecule has 3 aromatic rings. The number of halogens is 2. The van der Waals surface area contributed by atoms with Crippen molar-refractivity contribution in [2.45, 2.75) is 76.4 Å². The molecule has 1 unspecified atom stereocenters. The number of alkyl halides is 1. The van der Waals surface area contributed by atoms with E-state index >= 15 is 4.39 Å². The van der Waals surface area contributed by atoms with Gasteiger partial charge in [0.25, 0.3) is 0 Å². The van der Waals surface area contributed by atoms with Crippen LogP contribution in [0.3, 0.4) is 0 Å². The first-order valence-corrected chi connectivity index (χ1v) is 12.1. The molecule has 6 heteroatoms. The summed E-state index contributed by atoms with van der Waals surface area (Å²) in [6.45, 7) is 9.03. The van der Waals surface area contributed by atoms with Crippen LogP contribution in [-0.4, -0.2) is 22.7 Å². The molecule has 1 amide bonds. The summed E-state index contributed by atoms with van der Waals surface area (Å²) in [5.41, 5.74) is 8.71. The van der Waals surface area contributed by atoms with E-state index in [0.717, 1.165) is 33.3 Å². The highest BCUT2D eigenvalue weighted by Gasteiger charge is 2.52. The van der Waals surface area contributed by atoms with Crippen LogP contribution in [0.4, 0.5) is 14.5 Å². The van der Waals surface area contributed by atoms with E-state index in [2.05, 4.69) is 36.7 Å². The number of hydrogen-bond acceptors (Lipinski definition) is 2. The van der Waals surface area contributed by atoms with Crippen LogP contribution in [0.1, 0.15) is 62.9 Å². The van der Waals surface area contributed by atoms with Crippen molar-refractivity contribution in [3.63, 3.8) is 0 Å². The Morgan fingerprint density at radius 3 is 2.47 bits per heavy atom. The van der Waals surface area contributed by atoms with Crippen LogP contribution in [0.25, 0.3) is 10.9 Å². The normalized spacial score (nSPS) is 21.0. The van der Waals surface area contributed by atoms with Crippen molar-refractivity contribution in [3.05, 3.63) is 64.6 Å². The van der Waals surface area contributed by atoms with Gasteiger partial charge in [-0.25, -0.2) is 8.78 Å². The maximum absolute atomic E-state index is 15.2. The molecule has 1 saturated carbocycles. The Balaban J connectivity index is 1.46. The zero-order chi connectivity index (χ0) is 24.5. The average Bonchev–Trinajstić information content (AvgIpc) is 3.39. The number of nitrogens with zero attached hydrogens (tertiary/aromatic N) is 1. The molecule has 0 radical (unpaired) electrons. The van der Waals surface area contributed by atoms with Crippen LogP contribution in [0.2, 0.25) is 0 Å². The van der Waals surface area contributed by atoms with E-state index in [-0.39, 0.29) is 17.0 Å². The quantitative estimate of drug-likeness (QED) is 0.520. The van der Waals surface area contributed by atoms with Gasteiger partial charge in [-0.2, -0.15) is 0 Å². The van der Waals surface area contributed by atoms with Crippen LogP contribution in [0, 0.1) is 5.82 Å². The minimum Gasteiger partial charge on any atom is -0.343 e. The van der Waals surface area contributed by atoms with Crippen molar-refractivity contribution >= 4 is 22.5 Å². The lowest BCUT2D eigenvalue weighted by atomic mass is 9.91. The smallest absolute Gasteiger partial charge is 0.235 e. The molecule has 5 rings (SSSR count). The molecule has 0 saturated heterocycles. The summed E-state index contributed by atoms with van der Waals surface area (Å²) in [7, 11) is 0. The van der Waals surface area contributed by atoms with Crippen molar-refractivity contribution in [1.82, 2.24) is 4.57 Å². The predicted molar refractivity (Wildman–Crippen MR) is 133 cm³/mol. The molecular weight excluding hydrogens is 432 g/mol. The van der Waals surface area contributed by atoms with Crippen molar-refractivity contribution in [1.29, 1.82) is 0 Å². The number of benzene rings is 2. The molecular formula is C28H33F2N3O. The third-order valence-electron chi connectivity index (χ3n) is 7.42. The van der Waals surface area contributed by atoms with Crippen LogP contribution in [0.15, 0.2) is 36.4 Å². The van der Waals surface area contributed by atoms with E-state index in [4.69, 9.17) is 5.73 Å². The molecule has 3 N–H and O–H groups in total. The number of amides is 1. The van der Waals surface area contributed by atoms with E-state index < -0.39 is 16.9 Å². The summed E-state index contributed by atoms with van der Waals surface area (Å²) >= 11 is 0. The van der Waals surface area contributed by atoms with Gasteiger partial charge in [0, 0.05) is 48.5 Å².